The van der Waals surface area contributed by atoms with E-state index in [2.05, 4.69) is 39.9 Å². The molecule has 130 valence electrons. The fraction of sp³-hybridized carbons (Fsp3) is 0.632. The predicted molar refractivity (Wildman–Crippen MR) is 102 cm³/mol. The zero-order valence-electron chi connectivity index (χ0n) is 15.7. The van der Waals surface area contributed by atoms with Crippen molar-refractivity contribution in [3.05, 3.63) is 29.1 Å². The van der Waals surface area contributed by atoms with Gasteiger partial charge in [0.2, 0.25) is 0 Å². The van der Waals surface area contributed by atoms with Gasteiger partial charge in [-0.2, -0.15) is 0 Å². The van der Waals surface area contributed by atoms with E-state index >= 15 is 0 Å². The van der Waals surface area contributed by atoms with Crippen molar-refractivity contribution in [1.82, 2.24) is 0 Å². The van der Waals surface area contributed by atoms with Crippen LogP contribution in [0.25, 0.3) is 0 Å². The molecule has 4 heteroatoms. The van der Waals surface area contributed by atoms with Crippen molar-refractivity contribution in [2.24, 2.45) is 5.92 Å². The summed E-state index contributed by atoms with van der Waals surface area (Å²) in [5.41, 5.74) is 2.40. The minimum Gasteiger partial charge on any atom is -0.322 e. The second kappa shape index (κ2) is 8.24. The zero-order valence-corrected chi connectivity index (χ0v) is 16.6. The van der Waals surface area contributed by atoms with Crippen molar-refractivity contribution in [2.45, 2.75) is 54.1 Å². The van der Waals surface area contributed by atoms with Gasteiger partial charge in [0.15, 0.2) is 0 Å². The first-order valence-corrected chi connectivity index (χ1v) is 11.1. The molecule has 0 aromatic heterocycles. The summed E-state index contributed by atoms with van der Waals surface area (Å²) in [5, 5.41) is 3.12. The molecule has 0 radical (unpaired) electrons. The minimum absolute atomic E-state index is 0.0614. The Morgan fingerprint density at radius 3 is 1.87 bits per heavy atom. The number of hydrogen-bond donors (Lipinski definition) is 1. The van der Waals surface area contributed by atoms with Crippen molar-refractivity contribution in [3.8, 4) is 0 Å². The number of carbonyl (C=O) groups is 1. The lowest BCUT2D eigenvalue weighted by Crippen LogP contribution is -2.37. The Morgan fingerprint density at radius 1 is 1.09 bits per heavy atom. The Labute approximate surface area is 141 Å². The number of anilines is 1. The van der Waals surface area contributed by atoms with Crippen molar-refractivity contribution in [1.29, 1.82) is 0 Å². The predicted octanol–water partition coefficient (Wildman–Crippen LogP) is 5.48. The second-order valence-corrected chi connectivity index (χ2v) is 11.7. The van der Waals surface area contributed by atoms with Gasteiger partial charge in [-0.25, -0.2) is 4.39 Å². The molecule has 23 heavy (non-hydrogen) atoms. The molecule has 1 amide bonds. The highest BCUT2D eigenvalue weighted by Gasteiger charge is 2.47. The Bertz CT molecular complexity index is 521. The largest absolute Gasteiger partial charge is 0.322 e. The maximum Gasteiger partial charge on any atom is 0.265 e. The van der Waals surface area contributed by atoms with E-state index in [9.17, 15) is 9.18 Å². The number of hydrogen-bond acceptors (Lipinski definition) is 1. The summed E-state index contributed by atoms with van der Waals surface area (Å²) in [4.78, 5) is 13.1. The molecular formula is C19H32FNOP+. The molecule has 1 aromatic carbocycles. The average molecular weight is 340 g/mol. The second-order valence-electron chi connectivity index (χ2n) is 6.76. The van der Waals surface area contributed by atoms with Gasteiger partial charge in [0.05, 0.1) is 18.5 Å². The first kappa shape index (κ1) is 20.1. The van der Waals surface area contributed by atoms with E-state index in [1.54, 1.807) is 0 Å². The first-order chi connectivity index (χ1) is 10.7. The SMILES string of the molecule is CC[P+](CC)(CC)C(C(=O)Nc1c(C)cc(F)cc1C)C(C)C. The fourth-order valence-corrected chi connectivity index (χ4v) is 8.10. The normalized spacial score (nSPS) is 13.3. The van der Waals surface area contributed by atoms with E-state index in [1.165, 1.54) is 12.1 Å². The molecule has 0 aliphatic carbocycles. The van der Waals surface area contributed by atoms with Crippen molar-refractivity contribution < 1.29 is 9.18 Å². The maximum absolute atomic E-state index is 13.5. The average Bonchev–Trinajstić information content (AvgIpc) is 2.47. The van der Waals surface area contributed by atoms with Gasteiger partial charge in [0.25, 0.3) is 5.91 Å². The van der Waals surface area contributed by atoms with E-state index in [1.807, 2.05) is 13.8 Å². The molecule has 0 spiro atoms. The molecule has 0 aliphatic rings. The van der Waals surface area contributed by atoms with E-state index in [0.29, 0.717) is 5.92 Å². The van der Waals surface area contributed by atoms with Gasteiger partial charge in [-0.1, -0.05) is 13.8 Å². The van der Waals surface area contributed by atoms with Crippen LogP contribution in [-0.4, -0.2) is 30.1 Å². The van der Waals surface area contributed by atoms with Gasteiger partial charge >= 0.3 is 0 Å². The van der Waals surface area contributed by atoms with Crippen LogP contribution in [0.4, 0.5) is 10.1 Å². The highest BCUT2D eigenvalue weighted by Crippen LogP contribution is 2.64. The van der Waals surface area contributed by atoms with Crippen LogP contribution in [0, 0.1) is 25.6 Å². The smallest absolute Gasteiger partial charge is 0.265 e. The van der Waals surface area contributed by atoms with Crippen LogP contribution in [-0.2, 0) is 4.79 Å². The van der Waals surface area contributed by atoms with Crippen LogP contribution in [0.5, 0.6) is 0 Å². The van der Waals surface area contributed by atoms with Crippen LogP contribution in [0.1, 0.15) is 45.7 Å². The van der Waals surface area contributed by atoms with E-state index in [0.717, 1.165) is 35.3 Å². The van der Waals surface area contributed by atoms with Crippen LogP contribution in [0.2, 0.25) is 0 Å². The maximum atomic E-state index is 13.5. The summed E-state index contributed by atoms with van der Waals surface area (Å²) < 4.78 is 13.5. The molecular weight excluding hydrogens is 308 g/mol. The summed E-state index contributed by atoms with van der Waals surface area (Å²) in [6, 6.07) is 2.96. The van der Waals surface area contributed by atoms with Crippen LogP contribution in [0.15, 0.2) is 12.1 Å². The van der Waals surface area contributed by atoms with Crippen LogP contribution >= 0.6 is 7.26 Å². The number of carbonyl (C=O) groups excluding carboxylic acids is 1. The summed E-state index contributed by atoms with van der Waals surface area (Å²) in [6.45, 7) is 14.6. The quantitative estimate of drug-likeness (QED) is 0.654. The Balaban J connectivity index is 3.19. The molecule has 1 atom stereocenters. The van der Waals surface area contributed by atoms with Gasteiger partial charge in [-0.15, -0.1) is 0 Å². The number of rotatable bonds is 7. The summed E-state index contributed by atoms with van der Waals surface area (Å²) in [6.07, 6.45) is 3.28. The topological polar surface area (TPSA) is 29.1 Å². The van der Waals surface area contributed by atoms with Gasteiger partial charge in [-0.05, 0) is 63.8 Å². The highest BCUT2D eigenvalue weighted by atomic mass is 31.2. The minimum atomic E-state index is -1.32. The third kappa shape index (κ3) is 4.32. The zero-order chi connectivity index (χ0) is 17.8. The first-order valence-electron chi connectivity index (χ1n) is 8.65. The highest BCUT2D eigenvalue weighted by molar-refractivity contribution is 7.77. The van der Waals surface area contributed by atoms with E-state index in [-0.39, 0.29) is 17.4 Å². The number of benzene rings is 1. The summed E-state index contributed by atoms with van der Waals surface area (Å²) in [7, 11) is -1.32. The third-order valence-corrected chi connectivity index (χ3v) is 10.9. The summed E-state index contributed by atoms with van der Waals surface area (Å²) in [5.74, 6) is 0.164. The molecule has 0 bridgehead atoms. The van der Waals surface area contributed by atoms with Gasteiger partial charge < -0.3 is 5.32 Å². The van der Waals surface area contributed by atoms with Crippen molar-refractivity contribution >= 4 is 18.9 Å². The molecule has 1 N–H and O–H groups in total. The number of nitrogens with one attached hydrogen (secondary N) is 1. The van der Waals surface area contributed by atoms with Gasteiger partial charge in [0, 0.05) is 12.9 Å². The molecule has 0 aliphatic heterocycles. The summed E-state index contributed by atoms with van der Waals surface area (Å²) >= 11 is 0. The molecule has 1 unspecified atom stereocenters. The molecule has 2 nitrogen and oxygen atoms in total. The lowest BCUT2D eigenvalue weighted by atomic mass is 10.1. The monoisotopic (exact) mass is 340 g/mol. The fourth-order valence-electron chi connectivity index (χ4n) is 3.75. The van der Waals surface area contributed by atoms with Gasteiger partial charge in [-0.3, -0.25) is 4.79 Å². The van der Waals surface area contributed by atoms with Crippen LogP contribution in [0.3, 0.4) is 0 Å². The lowest BCUT2D eigenvalue weighted by Gasteiger charge is -2.34. The molecule has 0 heterocycles. The van der Waals surface area contributed by atoms with E-state index in [4.69, 9.17) is 0 Å². The van der Waals surface area contributed by atoms with Crippen molar-refractivity contribution in [2.75, 3.05) is 23.8 Å². The number of amides is 1. The molecule has 1 aromatic rings. The Morgan fingerprint density at radius 2 is 1.52 bits per heavy atom. The molecule has 1 rings (SSSR count). The Kier molecular flexibility index (Phi) is 7.20. The van der Waals surface area contributed by atoms with Crippen LogP contribution < -0.4 is 5.32 Å². The third-order valence-electron chi connectivity index (χ3n) is 5.13. The number of halogens is 1. The van der Waals surface area contributed by atoms with Crippen molar-refractivity contribution in [3.63, 3.8) is 0 Å². The number of aryl methyl sites for hydroxylation is 2. The molecule has 0 saturated heterocycles. The molecule has 0 saturated carbocycles. The van der Waals surface area contributed by atoms with E-state index < -0.39 is 7.26 Å². The van der Waals surface area contributed by atoms with Gasteiger partial charge in [0.1, 0.15) is 11.5 Å². The Hall–Kier alpha value is -0.950. The lowest BCUT2D eigenvalue weighted by molar-refractivity contribution is -0.116. The molecule has 0 fully saturated rings. The standard InChI is InChI=1S/C19H31FNOP/c1-8-23(9-2,10-3)18(13(4)5)19(22)21-17-14(6)11-16(20)12-15(17)7/h11-13,18H,8-10H2,1-7H3/p+1.